The Kier molecular flexibility index (Phi) is 6.27. The van der Waals surface area contributed by atoms with Crippen molar-refractivity contribution in [1.29, 1.82) is 0 Å². The van der Waals surface area contributed by atoms with Gasteiger partial charge in [-0.1, -0.05) is 24.3 Å². The molecule has 2 rings (SSSR count). The van der Waals surface area contributed by atoms with Crippen LogP contribution in [0.4, 0.5) is 5.69 Å². The third-order valence-corrected chi connectivity index (χ3v) is 3.73. The molecule has 0 atom stereocenters. The van der Waals surface area contributed by atoms with Gasteiger partial charge in [0.25, 0.3) is 0 Å². The van der Waals surface area contributed by atoms with Gasteiger partial charge in [-0.3, -0.25) is 9.59 Å². The van der Waals surface area contributed by atoms with Crippen LogP contribution in [0.5, 0.6) is 0 Å². The molecule has 0 aliphatic heterocycles. The predicted molar refractivity (Wildman–Crippen MR) is 75.8 cm³/mol. The number of nitrogens with one attached hydrogen (secondary N) is 1. The van der Waals surface area contributed by atoms with Gasteiger partial charge >= 0.3 is 29.6 Å². The van der Waals surface area contributed by atoms with E-state index in [4.69, 9.17) is 0 Å². The molecule has 0 aliphatic rings. The number of fused-ring (bicyclic) bond motifs is 1. The number of Topliss-reactive ketones (excluding diaryl/α,β-unsaturated/α-hetero) is 1. The summed E-state index contributed by atoms with van der Waals surface area (Å²) in [5, 5.41) is 3.19. The second-order valence-corrected chi connectivity index (χ2v) is 5.89. The minimum Gasteiger partial charge on any atom is -0.744 e. The van der Waals surface area contributed by atoms with Gasteiger partial charge in [-0.05, 0) is 19.1 Å². The average molecular weight is 329 g/mol. The number of ketones is 1. The molecule has 1 amide bonds. The van der Waals surface area contributed by atoms with Crippen LogP contribution in [0.25, 0.3) is 10.8 Å². The third kappa shape index (κ3) is 4.37. The minimum absolute atomic E-state index is 0. The molecule has 0 radical (unpaired) electrons. The van der Waals surface area contributed by atoms with Crippen LogP contribution in [0, 0.1) is 0 Å². The first kappa shape index (κ1) is 18.8. The first-order valence-electron chi connectivity index (χ1n) is 6.06. The van der Waals surface area contributed by atoms with E-state index in [9.17, 15) is 22.6 Å². The Hall–Kier alpha value is -1.25. The number of amides is 1. The van der Waals surface area contributed by atoms with E-state index in [0.717, 1.165) is 6.07 Å². The Bertz CT molecular complexity index is 832. The van der Waals surface area contributed by atoms with Gasteiger partial charge in [-0.15, -0.1) is 0 Å². The Balaban J connectivity index is 0.00000242. The maximum Gasteiger partial charge on any atom is 1.00 e. The summed E-state index contributed by atoms with van der Waals surface area (Å²) in [4.78, 5) is 22.2. The second kappa shape index (κ2) is 7.34. The standard InChI is InChI=1S/C14H13NO5S.Na/c1-9(16)8-14(17)15-12-6-7-13(21(18,19)20)11-5-3-2-4-10(11)12;/h2-7H,8H2,1H3,(H,15,17)(H,18,19,20);/q;+1/p-1. The SMILES string of the molecule is CC(=O)CC(=O)Nc1ccc(S(=O)(=O)[O-])c2ccccc12.[Na+]. The van der Waals surface area contributed by atoms with E-state index in [1.807, 2.05) is 0 Å². The summed E-state index contributed by atoms with van der Waals surface area (Å²) in [6, 6.07) is 8.82. The topological polar surface area (TPSA) is 103 Å². The fourth-order valence-electron chi connectivity index (χ4n) is 2.02. The van der Waals surface area contributed by atoms with Crippen LogP contribution in [-0.4, -0.2) is 24.7 Å². The van der Waals surface area contributed by atoms with Crippen molar-refractivity contribution in [2.45, 2.75) is 18.2 Å². The first-order valence-corrected chi connectivity index (χ1v) is 7.47. The number of rotatable bonds is 4. The molecule has 2 aromatic rings. The molecule has 110 valence electrons. The van der Waals surface area contributed by atoms with Gasteiger partial charge in [0.1, 0.15) is 15.9 Å². The summed E-state index contributed by atoms with van der Waals surface area (Å²) in [6.07, 6.45) is -0.268. The van der Waals surface area contributed by atoms with Gasteiger partial charge in [0.05, 0.1) is 11.3 Å². The quantitative estimate of drug-likeness (QED) is 0.425. The van der Waals surface area contributed by atoms with Crippen molar-refractivity contribution in [1.82, 2.24) is 0 Å². The molecular weight excluding hydrogens is 317 g/mol. The summed E-state index contributed by atoms with van der Waals surface area (Å²) < 4.78 is 33.7. The molecule has 8 heteroatoms. The molecule has 0 saturated heterocycles. The van der Waals surface area contributed by atoms with E-state index >= 15 is 0 Å². The van der Waals surface area contributed by atoms with Crippen molar-refractivity contribution in [3.63, 3.8) is 0 Å². The van der Waals surface area contributed by atoms with Crippen molar-refractivity contribution in [3.8, 4) is 0 Å². The van der Waals surface area contributed by atoms with Crippen molar-refractivity contribution in [2.24, 2.45) is 0 Å². The molecular formula is C14H12NNaO5S. The Morgan fingerprint density at radius 3 is 2.23 bits per heavy atom. The zero-order valence-corrected chi connectivity index (χ0v) is 14.9. The van der Waals surface area contributed by atoms with Crippen LogP contribution in [-0.2, 0) is 19.7 Å². The number of hydrogen-bond donors (Lipinski definition) is 1. The van der Waals surface area contributed by atoms with Crippen LogP contribution < -0.4 is 34.9 Å². The number of carbonyl (C=O) groups excluding carboxylic acids is 2. The molecule has 0 aromatic heterocycles. The normalized spacial score (nSPS) is 10.8. The van der Waals surface area contributed by atoms with Crippen molar-refractivity contribution in [2.75, 3.05) is 5.32 Å². The molecule has 0 bridgehead atoms. The molecule has 0 unspecified atom stereocenters. The van der Waals surface area contributed by atoms with E-state index in [-0.39, 0.29) is 52.0 Å². The second-order valence-electron chi connectivity index (χ2n) is 4.54. The summed E-state index contributed by atoms with van der Waals surface area (Å²) in [7, 11) is -4.61. The van der Waals surface area contributed by atoms with E-state index in [2.05, 4.69) is 5.32 Å². The van der Waals surface area contributed by atoms with Crippen molar-refractivity contribution >= 4 is 38.3 Å². The summed E-state index contributed by atoms with van der Waals surface area (Å²) in [6.45, 7) is 1.30. The van der Waals surface area contributed by atoms with Crippen LogP contribution in [0.15, 0.2) is 41.3 Å². The van der Waals surface area contributed by atoms with E-state index in [0.29, 0.717) is 11.1 Å². The van der Waals surface area contributed by atoms with E-state index in [1.165, 1.54) is 19.1 Å². The smallest absolute Gasteiger partial charge is 0.744 e. The predicted octanol–water partition coefficient (Wildman–Crippen LogP) is -1.33. The van der Waals surface area contributed by atoms with Gasteiger partial charge in [0.15, 0.2) is 0 Å². The molecule has 22 heavy (non-hydrogen) atoms. The van der Waals surface area contributed by atoms with Crippen LogP contribution >= 0.6 is 0 Å². The fraction of sp³-hybridized carbons (Fsp3) is 0.143. The zero-order valence-electron chi connectivity index (χ0n) is 12.1. The first-order chi connectivity index (χ1) is 9.79. The van der Waals surface area contributed by atoms with Gasteiger partial charge < -0.3 is 9.87 Å². The average Bonchev–Trinajstić information content (AvgIpc) is 2.36. The number of anilines is 1. The molecule has 2 aromatic carbocycles. The Morgan fingerprint density at radius 2 is 1.68 bits per heavy atom. The Morgan fingerprint density at radius 1 is 1.09 bits per heavy atom. The Labute approximate surface area is 149 Å². The molecule has 0 spiro atoms. The summed E-state index contributed by atoms with van der Waals surface area (Å²) in [5.41, 5.74) is 0.351. The van der Waals surface area contributed by atoms with Crippen LogP contribution in [0.2, 0.25) is 0 Å². The van der Waals surface area contributed by atoms with Crippen molar-refractivity contribution < 1.29 is 52.1 Å². The van der Waals surface area contributed by atoms with E-state index < -0.39 is 16.0 Å². The zero-order chi connectivity index (χ0) is 15.6. The molecule has 6 nitrogen and oxygen atoms in total. The molecule has 0 heterocycles. The number of carbonyl (C=O) groups is 2. The maximum atomic E-state index is 11.6. The van der Waals surface area contributed by atoms with Gasteiger partial charge in [0, 0.05) is 16.5 Å². The number of hydrogen-bond acceptors (Lipinski definition) is 5. The third-order valence-electron chi connectivity index (χ3n) is 2.84. The number of benzene rings is 2. The molecule has 0 saturated carbocycles. The summed E-state index contributed by atoms with van der Waals surface area (Å²) in [5.74, 6) is -0.777. The monoisotopic (exact) mass is 329 g/mol. The minimum atomic E-state index is -4.61. The maximum absolute atomic E-state index is 11.6. The summed E-state index contributed by atoms with van der Waals surface area (Å²) >= 11 is 0. The van der Waals surface area contributed by atoms with Crippen LogP contribution in [0.3, 0.4) is 0 Å². The van der Waals surface area contributed by atoms with Gasteiger partial charge in [0.2, 0.25) is 5.91 Å². The van der Waals surface area contributed by atoms with Gasteiger partial charge in [-0.25, -0.2) is 8.42 Å². The van der Waals surface area contributed by atoms with E-state index in [1.54, 1.807) is 18.2 Å². The molecule has 1 N–H and O–H groups in total. The van der Waals surface area contributed by atoms with Crippen molar-refractivity contribution in [3.05, 3.63) is 36.4 Å². The molecule has 0 aliphatic carbocycles. The fourth-order valence-corrected chi connectivity index (χ4v) is 2.70. The molecule has 0 fully saturated rings. The van der Waals surface area contributed by atoms with Crippen LogP contribution in [0.1, 0.15) is 13.3 Å². The largest absolute Gasteiger partial charge is 1.00 e. The van der Waals surface area contributed by atoms with Gasteiger partial charge in [-0.2, -0.15) is 0 Å².